The molecule has 0 unspecified atom stereocenters. The standard InChI is InChI=1S/C36H34N8O8S.CO2.O3S/c1-44(23-34(45)46)36-38-32(19-24-11-14-28(15-12-24)41-40-27-8-3-2-4-9-27)37-33(39-36)21-25-13-16-30(22-31(25)52-17-6-18-53(49,50)51)43-42-29-10-5-7-26(20-29)35(47)48;2-1-3;1-4(2)3/h2-5,7-16,20,22H,6,17-19,21,23H2,1H3,(H,45,46)(H,47,48)(H,49,50,51);;. The maximum atomic E-state index is 11.5. The molecule has 5 rings (SSSR count). The molecular weight excluding hydrogens is 829 g/mol. The van der Waals surface area contributed by atoms with E-state index >= 15 is 0 Å². The number of likely N-dealkylation sites (N-methyl/N-ethyl adjacent to an activating group) is 1. The fourth-order valence-corrected chi connectivity index (χ4v) is 5.31. The van der Waals surface area contributed by atoms with Crippen molar-refractivity contribution in [3.05, 3.63) is 125 Å². The zero-order chi connectivity index (χ0) is 44.1. The highest BCUT2D eigenvalue weighted by Crippen LogP contribution is 2.29. The number of aromatic nitrogens is 3. The maximum absolute atomic E-state index is 11.5. The van der Waals surface area contributed by atoms with Crippen molar-refractivity contribution in [1.29, 1.82) is 0 Å². The molecule has 312 valence electrons. The Morgan fingerprint density at radius 2 is 1.28 bits per heavy atom. The lowest BCUT2D eigenvalue weighted by molar-refractivity contribution is -0.191. The van der Waals surface area contributed by atoms with Crippen LogP contribution in [0.5, 0.6) is 5.75 Å². The van der Waals surface area contributed by atoms with Gasteiger partial charge in [0.1, 0.15) is 23.9 Å². The Bertz CT molecular complexity index is 2570. The van der Waals surface area contributed by atoms with Crippen molar-refractivity contribution < 1.29 is 59.7 Å². The van der Waals surface area contributed by atoms with E-state index in [9.17, 15) is 28.2 Å². The third kappa shape index (κ3) is 17.8. The average molecular weight is 863 g/mol. The summed E-state index contributed by atoms with van der Waals surface area (Å²) in [6.45, 7) is -0.425. The number of hydrogen-bond donors (Lipinski definition) is 3. The topological polar surface area (TPSA) is 315 Å². The first-order chi connectivity index (χ1) is 28.5. The van der Waals surface area contributed by atoms with Crippen molar-refractivity contribution in [1.82, 2.24) is 15.0 Å². The van der Waals surface area contributed by atoms with Crippen molar-refractivity contribution in [2.45, 2.75) is 19.3 Å². The van der Waals surface area contributed by atoms with Crippen LogP contribution in [0.25, 0.3) is 0 Å². The Balaban J connectivity index is 0.00000128. The summed E-state index contributed by atoms with van der Waals surface area (Å²) in [5.74, 6) is -1.55. The van der Waals surface area contributed by atoms with Crippen LogP contribution in [0.1, 0.15) is 39.6 Å². The first-order valence-electron chi connectivity index (χ1n) is 17.0. The van der Waals surface area contributed by atoms with E-state index in [2.05, 4.69) is 35.4 Å². The normalized spacial score (nSPS) is 10.8. The molecule has 23 heteroatoms. The average Bonchev–Trinajstić information content (AvgIpc) is 3.19. The Morgan fingerprint density at radius 3 is 1.87 bits per heavy atom. The molecule has 0 radical (unpaired) electrons. The van der Waals surface area contributed by atoms with Crippen LogP contribution in [0, 0.1) is 0 Å². The first kappa shape index (κ1) is 46.9. The van der Waals surface area contributed by atoms with Gasteiger partial charge >= 0.3 is 28.7 Å². The van der Waals surface area contributed by atoms with Gasteiger partial charge in [0.15, 0.2) is 0 Å². The highest BCUT2D eigenvalue weighted by atomic mass is 32.2. The summed E-state index contributed by atoms with van der Waals surface area (Å²) >= 11 is 0. The van der Waals surface area contributed by atoms with E-state index in [-0.39, 0.29) is 43.7 Å². The number of carboxylic acids is 2. The van der Waals surface area contributed by atoms with Gasteiger partial charge in [-0.05, 0) is 60.5 Å². The van der Waals surface area contributed by atoms with Gasteiger partial charge in [-0.2, -0.15) is 48.4 Å². The highest BCUT2D eigenvalue weighted by molar-refractivity contribution is 7.85. The number of rotatable bonds is 17. The number of aromatic carboxylic acids is 1. The molecule has 0 atom stereocenters. The third-order valence-corrected chi connectivity index (χ3v) is 8.15. The van der Waals surface area contributed by atoms with Crippen LogP contribution in [-0.4, -0.2) is 94.8 Å². The molecular formula is C37H34N8O13S2. The second-order valence-electron chi connectivity index (χ2n) is 11.9. The number of ether oxygens (including phenoxy) is 1. The van der Waals surface area contributed by atoms with Crippen molar-refractivity contribution in [3.8, 4) is 5.75 Å². The minimum absolute atomic E-state index is 0.00153. The third-order valence-electron chi connectivity index (χ3n) is 7.34. The Labute approximate surface area is 343 Å². The highest BCUT2D eigenvalue weighted by Gasteiger charge is 2.16. The number of carbonyl (C=O) groups excluding carboxylic acids is 2. The largest absolute Gasteiger partial charge is 0.493 e. The molecule has 0 spiro atoms. The smallest absolute Gasteiger partial charge is 0.425 e. The number of benzene rings is 4. The molecule has 0 saturated heterocycles. The van der Waals surface area contributed by atoms with Crippen LogP contribution in [-0.2, 0) is 48.0 Å². The Morgan fingerprint density at radius 1 is 0.750 bits per heavy atom. The molecule has 0 amide bonds. The maximum Gasteiger partial charge on any atom is 0.425 e. The molecule has 5 aromatic rings. The summed E-state index contributed by atoms with van der Waals surface area (Å²) in [7, 11) is -5.76. The number of hydrogen-bond acceptors (Lipinski definition) is 18. The molecule has 0 saturated carbocycles. The molecule has 3 N–H and O–H groups in total. The molecule has 0 bridgehead atoms. The molecule has 0 aliphatic heterocycles. The van der Waals surface area contributed by atoms with Crippen molar-refractivity contribution in [3.63, 3.8) is 0 Å². The SMILES string of the molecule is CN(CC(=O)O)c1nc(Cc2ccc(N=Nc3ccccc3)cc2)nc(Cc2ccc(N=Nc3cccc(C(=O)O)c3)cc2OCCCS(=O)(=O)O)n1.O=C=O.O=S(=O)=O. The summed E-state index contributed by atoms with van der Waals surface area (Å²) < 4.78 is 63.0. The van der Waals surface area contributed by atoms with Gasteiger partial charge in [-0.3, -0.25) is 9.35 Å². The molecule has 1 aromatic heterocycles. The van der Waals surface area contributed by atoms with Gasteiger partial charge < -0.3 is 19.8 Å². The number of carbonyl (C=O) groups is 2. The van der Waals surface area contributed by atoms with E-state index in [0.717, 1.165) is 11.3 Å². The second kappa shape index (κ2) is 23.7. The molecule has 0 fully saturated rings. The number of nitrogens with zero attached hydrogens (tertiary/aromatic N) is 8. The van der Waals surface area contributed by atoms with Crippen molar-refractivity contribution in [2.24, 2.45) is 20.5 Å². The van der Waals surface area contributed by atoms with Crippen molar-refractivity contribution in [2.75, 3.05) is 30.9 Å². The zero-order valence-electron chi connectivity index (χ0n) is 31.3. The fourth-order valence-electron chi connectivity index (χ4n) is 4.83. The number of azo groups is 2. The number of carboxylic acid groups (broad SMARTS) is 2. The first-order valence-corrected chi connectivity index (χ1v) is 19.6. The zero-order valence-corrected chi connectivity index (χ0v) is 32.9. The molecule has 0 aliphatic rings. The lowest BCUT2D eigenvalue weighted by Crippen LogP contribution is -2.28. The summed E-state index contributed by atoms with van der Waals surface area (Å²) in [5, 5.41) is 35.6. The summed E-state index contributed by atoms with van der Waals surface area (Å²) in [4.78, 5) is 54.3. The molecule has 0 aliphatic carbocycles. The van der Waals surface area contributed by atoms with Crippen LogP contribution < -0.4 is 9.64 Å². The lowest BCUT2D eigenvalue weighted by atomic mass is 10.1. The predicted octanol–water partition coefficient (Wildman–Crippen LogP) is 5.17. The van der Waals surface area contributed by atoms with Crippen molar-refractivity contribution >= 4 is 67.5 Å². The van der Waals surface area contributed by atoms with Gasteiger partial charge in [0.05, 0.1) is 40.7 Å². The van der Waals surface area contributed by atoms with E-state index in [1.807, 2.05) is 54.6 Å². The predicted molar refractivity (Wildman–Crippen MR) is 209 cm³/mol. The molecule has 4 aromatic carbocycles. The van der Waals surface area contributed by atoms with E-state index < -0.39 is 38.4 Å². The van der Waals surface area contributed by atoms with E-state index in [0.29, 0.717) is 46.4 Å². The second-order valence-corrected chi connectivity index (χ2v) is 13.9. The molecule has 21 nitrogen and oxygen atoms in total. The number of aliphatic carboxylic acids is 1. The monoisotopic (exact) mass is 862 g/mol. The van der Waals surface area contributed by atoms with Gasteiger partial charge in [0, 0.05) is 31.5 Å². The van der Waals surface area contributed by atoms with Crippen LogP contribution in [0.4, 0.5) is 28.7 Å². The number of anilines is 1. The van der Waals surface area contributed by atoms with Gasteiger partial charge in [-0.25, -0.2) is 9.78 Å². The lowest BCUT2D eigenvalue weighted by Gasteiger charge is -2.17. The van der Waals surface area contributed by atoms with Gasteiger partial charge in [-0.1, -0.05) is 42.5 Å². The van der Waals surface area contributed by atoms with Crippen LogP contribution in [0.2, 0.25) is 0 Å². The van der Waals surface area contributed by atoms with Crippen LogP contribution in [0.15, 0.2) is 118 Å². The van der Waals surface area contributed by atoms with Crippen LogP contribution in [0.3, 0.4) is 0 Å². The van der Waals surface area contributed by atoms with Gasteiger partial charge in [0.2, 0.25) is 5.95 Å². The minimum Gasteiger partial charge on any atom is -0.493 e. The summed E-state index contributed by atoms with van der Waals surface area (Å²) in [6.07, 6.45) is 0.646. The van der Waals surface area contributed by atoms with Gasteiger partial charge in [-0.15, -0.1) is 12.6 Å². The van der Waals surface area contributed by atoms with E-state index in [1.54, 1.807) is 37.4 Å². The molecule has 1 heterocycles. The Kier molecular flexibility index (Phi) is 18.5. The molecule has 60 heavy (non-hydrogen) atoms. The quantitative estimate of drug-likeness (QED) is 0.0616. The summed E-state index contributed by atoms with van der Waals surface area (Å²) in [5.41, 5.74) is 3.53. The van der Waals surface area contributed by atoms with E-state index in [4.69, 9.17) is 31.5 Å². The summed E-state index contributed by atoms with van der Waals surface area (Å²) in [6, 6.07) is 27.6. The minimum atomic E-state index is -4.20. The van der Waals surface area contributed by atoms with Crippen LogP contribution >= 0.6 is 0 Å². The van der Waals surface area contributed by atoms with Gasteiger partial charge in [0.25, 0.3) is 10.1 Å². The Hall–Kier alpha value is -7.46. The van der Waals surface area contributed by atoms with E-state index in [1.165, 1.54) is 17.0 Å². The fraction of sp³-hybridized carbons (Fsp3) is 0.189.